The van der Waals surface area contributed by atoms with Gasteiger partial charge in [-0.3, -0.25) is 0 Å². The number of ether oxygens (including phenoxy) is 2. The number of methoxy groups -OCH3 is 2. The van der Waals surface area contributed by atoms with Crippen LogP contribution in [0.5, 0.6) is 11.5 Å². The average Bonchev–Trinajstić information content (AvgIpc) is 2.92. The second-order valence-corrected chi connectivity index (χ2v) is 8.23. The van der Waals surface area contributed by atoms with Crippen LogP contribution in [0.2, 0.25) is 0 Å². The van der Waals surface area contributed by atoms with Crippen molar-refractivity contribution in [2.75, 3.05) is 14.2 Å². The standard InChI is InChI=1S/C30H32N2O2/c1-33-27-17-13-25(14-18-27)29(31-21-23-9-5-3-6-10-23)30(26-15-19-28(34-2)20-16-26)32-22-24-11-7-4-8-12-24/h3-20,29-32H,21-22H2,1-2H3/t29-,30+. The van der Waals surface area contributed by atoms with E-state index >= 15 is 0 Å². The minimum absolute atomic E-state index is 0.0308. The topological polar surface area (TPSA) is 42.5 Å². The van der Waals surface area contributed by atoms with E-state index in [0.717, 1.165) is 24.6 Å². The van der Waals surface area contributed by atoms with Crippen LogP contribution in [0.1, 0.15) is 34.3 Å². The van der Waals surface area contributed by atoms with Crippen LogP contribution in [0, 0.1) is 0 Å². The lowest BCUT2D eigenvalue weighted by Crippen LogP contribution is -2.35. The van der Waals surface area contributed by atoms with Crippen LogP contribution in [-0.4, -0.2) is 14.2 Å². The van der Waals surface area contributed by atoms with Crippen LogP contribution in [0.4, 0.5) is 0 Å². The molecule has 0 amide bonds. The normalized spacial score (nSPS) is 12.6. The Morgan fingerprint density at radius 3 is 1.18 bits per heavy atom. The molecule has 0 bridgehead atoms. The van der Waals surface area contributed by atoms with Crippen LogP contribution < -0.4 is 20.1 Å². The summed E-state index contributed by atoms with van der Waals surface area (Å²) >= 11 is 0. The molecule has 0 saturated heterocycles. The van der Waals surface area contributed by atoms with Crippen molar-refractivity contribution < 1.29 is 9.47 Å². The third-order valence-electron chi connectivity index (χ3n) is 6.02. The first-order chi connectivity index (χ1) is 16.8. The fourth-order valence-corrected chi connectivity index (χ4v) is 4.13. The van der Waals surface area contributed by atoms with Crippen LogP contribution >= 0.6 is 0 Å². The van der Waals surface area contributed by atoms with Crippen LogP contribution in [0.25, 0.3) is 0 Å². The first-order valence-corrected chi connectivity index (χ1v) is 11.6. The second-order valence-electron chi connectivity index (χ2n) is 8.23. The fourth-order valence-electron chi connectivity index (χ4n) is 4.13. The molecule has 0 spiro atoms. The Labute approximate surface area is 202 Å². The molecule has 2 atom stereocenters. The van der Waals surface area contributed by atoms with Gasteiger partial charge >= 0.3 is 0 Å². The molecule has 0 aliphatic rings. The Bertz CT molecular complexity index is 1020. The zero-order valence-electron chi connectivity index (χ0n) is 19.8. The van der Waals surface area contributed by atoms with E-state index < -0.39 is 0 Å². The largest absolute Gasteiger partial charge is 0.497 e. The summed E-state index contributed by atoms with van der Waals surface area (Å²) in [6.07, 6.45) is 0. The molecular weight excluding hydrogens is 420 g/mol. The first-order valence-electron chi connectivity index (χ1n) is 11.6. The van der Waals surface area contributed by atoms with Gasteiger partial charge in [-0.25, -0.2) is 0 Å². The maximum atomic E-state index is 5.40. The third-order valence-corrected chi connectivity index (χ3v) is 6.02. The highest BCUT2D eigenvalue weighted by Gasteiger charge is 2.25. The zero-order chi connectivity index (χ0) is 23.6. The van der Waals surface area contributed by atoms with E-state index in [0.29, 0.717) is 0 Å². The van der Waals surface area contributed by atoms with Gasteiger partial charge in [-0.1, -0.05) is 84.9 Å². The van der Waals surface area contributed by atoms with Gasteiger partial charge < -0.3 is 20.1 Å². The van der Waals surface area contributed by atoms with Gasteiger partial charge in [-0.2, -0.15) is 0 Å². The van der Waals surface area contributed by atoms with E-state index in [9.17, 15) is 0 Å². The van der Waals surface area contributed by atoms with Crippen LogP contribution in [-0.2, 0) is 13.1 Å². The lowest BCUT2D eigenvalue weighted by atomic mass is 9.92. The van der Waals surface area contributed by atoms with Crippen molar-refractivity contribution in [3.63, 3.8) is 0 Å². The lowest BCUT2D eigenvalue weighted by Gasteiger charge is -2.31. The number of benzene rings is 4. The summed E-state index contributed by atoms with van der Waals surface area (Å²) in [5.41, 5.74) is 4.88. The Morgan fingerprint density at radius 2 is 0.853 bits per heavy atom. The lowest BCUT2D eigenvalue weighted by molar-refractivity contribution is 0.378. The van der Waals surface area contributed by atoms with Crippen LogP contribution in [0.3, 0.4) is 0 Å². The predicted molar refractivity (Wildman–Crippen MR) is 138 cm³/mol. The Balaban J connectivity index is 1.67. The number of hydrogen-bond acceptors (Lipinski definition) is 4. The molecule has 4 aromatic rings. The molecule has 0 aliphatic heterocycles. The molecule has 0 aliphatic carbocycles. The summed E-state index contributed by atoms with van der Waals surface area (Å²) in [4.78, 5) is 0. The third kappa shape index (κ3) is 6.25. The van der Waals surface area contributed by atoms with E-state index in [1.165, 1.54) is 22.3 Å². The summed E-state index contributed by atoms with van der Waals surface area (Å²) < 4.78 is 10.8. The van der Waals surface area contributed by atoms with Gasteiger partial charge in [0.25, 0.3) is 0 Å². The summed E-state index contributed by atoms with van der Waals surface area (Å²) in [6, 6.07) is 37.7. The summed E-state index contributed by atoms with van der Waals surface area (Å²) in [5.74, 6) is 1.70. The van der Waals surface area contributed by atoms with Crippen molar-refractivity contribution >= 4 is 0 Å². The van der Waals surface area contributed by atoms with Crippen molar-refractivity contribution in [2.24, 2.45) is 0 Å². The summed E-state index contributed by atoms with van der Waals surface area (Å²) in [6.45, 7) is 1.52. The molecule has 4 nitrogen and oxygen atoms in total. The van der Waals surface area contributed by atoms with Crippen LogP contribution in [0.15, 0.2) is 109 Å². The molecule has 0 aromatic heterocycles. The summed E-state index contributed by atoms with van der Waals surface area (Å²) in [5, 5.41) is 7.64. The van der Waals surface area contributed by atoms with E-state index in [1.807, 2.05) is 36.4 Å². The fraction of sp³-hybridized carbons (Fsp3) is 0.200. The Morgan fingerprint density at radius 1 is 0.500 bits per heavy atom. The highest BCUT2D eigenvalue weighted by molar-refractivity contribution is 5.35. The Kier molecular flexibility index (Phi) is 8.33. The smallest absolute Gasteiger partial charge is 0.118 e. The quantitative estimate of drug-likeness (QED) is 0.290. The van der Waals surface area contributed by atoms with Crippen molar-refractivity contribution in [3.8, 4) is 11.5 Å². The predicted octanol–water partition coefficient (Wildman–Crippen LogP) is 6.07. The monoisotopic (exact) mass is 452 g/mol. The molecule has 0 unspecified atom stereocenters. The van der Waals surface area contributed by atoms with E-state index in [2.05, 4.69) is 83.4 Å². The van der Waals surface area contributed by atoms with E-state index in [-0.39, 0.29) is 12.1 Å². The number of nitrogens with one attached hydrogen (secondary N) is 2. The molecule has 4 rings (SSSR count). The number of hydrogen-bond donors (Lipinski definition) is 2. The Hall–Kier alpha value is -3.60. The molecule has 2 N–H and O–H groups in total. The molecular formula is C30H32N2O2. The van der Waals surface area contributed by atoms with Gasteiger partial charge in [-0.15, -0.1) is 0 Å². The molecule has 174 valence electrons. The van der Waals surface area contributed by atoms with Crippen molar-refractivity contribution in [3.05, 3.63) is 131 Å². The number of rotatable bonds is 11. The first kappa shape index (κ1) is 23.6. The maximum Gasteiger partial charge on any atom is 0.118 e. The van der Waals surface area contributed by atoms with Gasteiger partial charge in [0.1, 0.15) is 11.5 Å². The van der Waals surface area contributed by atoms with E-state index in [4.69, 9.17) is 9.47 Å². The molecule has 0 saturated carbocycles. The van der Waals surface area contributed by atoms with Gasteiger partial charge in [0.2, 0.25) is 0 Å². The molecule has 0 radical (unpaired) electrons. The zero-order valence-corrected chi connectivity index (χ0v) is 19.8. The minimum Gasteiger partial charge on any atom is -0.497 e. The summed E-state index contributed by atoms with van der Waals surface area (Å²) in [7, 11) is 3.39. The van der Waals surface area contributed by atoms with Gasteiger partial charge in [0.15, 0.2) is 0 Å². The SMILES string of the molecule is COc1ccc([C@@H](NCc2ccccc2)[C@@H](NCc2ccccc2)c2ccc(OC)cc2)cc1. The minimum atomic E-state index is 0.0308. The van der Waals surface area contributed by atoms with E-state index in [1.54, 1.807) is 14.2 Å². The van der Waals surface area contributed by atoms with Crippen molar-refractivity contribution in [1.82, 2.24) is 10.6 Å². The molecule has 0 heterocycles. The van der Waals surface area contributed by atoms with Gasteiger partial charge in [0.05, 0.1) is 26.3 Å². The molecule has 4 heteroatoms. The molecule has 0 fully saturated rings. The molecule has 34 heavy (non-hydrogen) atoms. The second kappa shape index (κ2) is 12.0. The molecule has 4 aromatic carbocycles. The van der Waals surface area contributed by atoms with Gasteiger partial charge in [-0.05, 0) is 46.5 Å². The average molecular weight is 453 g/mol. The maximum absolute atomic E-state index is 5.40. The highest BCUT2D eigenvalue weighted by Crippen LogP contribution is 2.32. The van der Waals surface area contributed by atoms with Crippen molar-refractivity contribution in [2.45, 2.75) is 25.2 Å². The van der Waals surface area contributed by atoms with Gasteiger partial charge in [0, 0.05) is 13.1 Å². The van der Waals surface area contributed by atoms with Crippen molar-refractivity contribution in [1.29, 1.82) is 0 Å². The highest BCUT2D eigenvalue weighted by atomic mass is 16.5.